The number of aromatic nitrogens is 1. The number of anilines is 1. The summed E-state index contributed by atoms with van der Waals surface area (Å²) in [5.41, 5.74) is 1.49. The van der Waals surface area contributed by atoms with E-state index in [2.05, 4.69) is 16.8 Å². The van der Waals surface area contributed by atoms with E-state index in [0.717, 1.165) is 43.3 Å². The van der Waals surface area contributed by atoms with Gasteiger partial charge in [0.25, 0.3) is 5.92 Å². The number of likely N-dealkylation sites (tertiary alicyclic amines) is 1. The highest BCUT2D eigenvalue weighted by Gasteiger charge is 2.51. The minimum Gasteiger partial charge on any atom is -0.374 e. The molecule has 2 aromatic rings. The molecule has 0 radical (unpaired) electrons. The van der Waals surface area contributed by atoms with E-state index in [-0.39, 0.29) is 17.6 Å². The molecule has 35 heavy (non-hydrogen) atoms. The van der Waals surface area contributed by atoms with E-state index < -0.39 is 18.1 Å². The Morgan fingerprint density at radius 1 is 1.31 bits per heavy atom. The molecule has 5 heterocycles. The topological polar surface area (TPSA) is 50.2 Å². The van der Waals surface area contributed by atoms with Gasteiger partial charge < -0.3 is 14.4 Å². The number of halogens is 3. The third-order valence-electron chi connectivity index (χ3n) is 7.13. The fourth-order valence-corrected chi connectivity index (χ4v) is 6.61. The first-order valence-electron chi connectivity index (χ1n) is 12.1. The Labute approximate surface area is 213 Å². The van der Waals surface area contributed by atoms with Gasteiger partial charge in [0.05, 0.1) is 23.6 Å². The maximum atomic E-state index is 14.4. The van der Waals surface area contributed by atoms with Gasteiger partial charge in [0.2, 0.25) is 0 Å². The fourth-order valence-electron chi connectivity index (χ4n) is 5.13. The van der Waals surface area contributed by atoms with E-state index >= 15 is 0 Å². The van der Waals surface area contributed by atoms with E-state index in [1.807, 2.05) is 31.0 Å². The molecule has 1 saturated heterocycles. The van der Waals surface area contributed by atoms with Gasteiger partial charge in [0, 0.05) is 53.5 Å². The van der Waals surface area contributed by atoms with Crippen LogP contribution < -0.4 is 5.01 Å². The lowest BCUT2D eigenvalue weighted by Gasteiger charge is -2.45. The lowest BCUT2D eigenvalue weighted by molar-refractivity contribution is -0.181. The fraction of sp³-hybridized carbons (Fsp3) is 0.600. The molecule has 10 heteroatoms. The molecule has 3 aliphatic heterocycles. The zero-order valence-corrected chi connectivity index (χ0v) is 21.8. The van der Waals surface area contributed by atoms with Crippen LogP contribution in [-0.2, 0) is 27.6 Å². The normalized spacial score (nSPS) is 23.7. The highest BCUT2D eigenvalue weighted by Crippen LogP contribution is 2.52. The van der Waals surface area contributed by atoms with E-state index in [4.69, 9.17) is 26.2 Å². The van der Waals surface area contributed by atoms with Crippen LogP contribution in [0, 0.1) is 5.92 Å². The van der Waals surface area contributed by atoms with Crippen molar-refractivity contribution in [3.63, 3.8) is 0 Å². The van der Waals surface area contributed by atoms with Crippen LogP contribution in [0.15, 0.2) is 29.5 Å². The molecule has 0 bridgehead atoms. The first-order valence-corrected chi connectivity index (χ1v) is 13.3. The monoisotopic (exact) mass is 524 g/mol. The van der Waals surface area contributed by atoms with Crippen molar-refractivity contribution >= 4 is 34.5 Å². The highest BCUT2D eigenvalue weighted by molar-refractivity contribution is 7.16. The van der Waals surface area contributed by atoms with Crippen molar-refractivity contribution in [3.8, 4) is 0 Å². The Bertz CT molecular complexity index is 1100. The van der Waals surface area contributed by atoms with Crippen molar-refractivity contribution in [2.45, 2.75) is 57.8 Å². The number of ether oxygens (including phenoxy) is 2. The molecule has 0 N–H and O–H groups in total. The molecule has 1 spiro atoms. The van der Waals surface area contributed by atoms with Crippen molar-refractivity contribution in [1.82, 2.24) is 9.88 Å². The van der Waals surface area contributed by atoms with Gasteiger partial charge >= 0.3 is 0 Å². The van der Waals surface area contributed by atoms with Gasteiger partial charge in [-0.15, -0.1) is 11.3 Å². The van der Waals surface area contributed by atoms with Gasteiger partial charge in [0.1, 0.15) is 12.2 Å². The van der Waals surface area contributed by atoms with E-state index in [0.29, 0.717) is 28.7 Å². The Balaban J connectivity index is 1.23. The number of alkyl halides is 2. The molecule has 0 aliphatic carbocycles. The number of piperidine rings is 1. The number of hydrazone groups is 1. The molecule has 5 rings (SSSR count). The SMILES string of the molecule is CC1=NN(c2ncccc2COC(C)C)CC1CN1CCC2(CC1)OCC(F)(F)c1cc(Cl)sc12. The minimum absolute atomic E-state index is 0.0502. The summed E-state index contributed by atoms with van der Waals surface area (Å²) in [7, 11) is 0. The second-order valence-electron chi connectivity index (χ2n) is 9.95. The summed E-state index contributed by atoms with van der Waals surface area (Å²) in [6.07, 6.45) is 3.28. The van der Waals surface area contributed by atoms with Gasteiger partial charge in [-0.05, 0) is 45.7 Å². The molecule has 0 saturated carbocycles. The van der Waals surface area contributed by atoms with Crippen LogP contribution >= 0.6 is 22.9 Å². The lowest BCUT2D eigenvalue weighted by atomic mass is 9.84. The van der Waals surface area contributed by atoms with E-state index in [1.165, 1.54) is 17.4 Å². The largest absolute Gasteiger partial charge is 0.374 e. The second kappa shape index (κ2) is 9.67. The Morgan fingerprint density at radius 2 is 2.09 bits per heavy atom. The van der Waals surface area contributed by atoms with Gasteiger partial charge in [-0.25, -0.2) is 9.99 Å². The number of rotatable bonds is 6. The Kier molecular flexibility index (Phi) is 6.91. The standard InChI is InChI=1S/C25H31ClF2N4O2S/c1-16(2)33-14-18-5-4-8-29-23(18)32-13-19(17(3)30-32)12-31-9-6-24(7-10-31)22-20(11-21(26)35-22)25(27,28)15-34-24/h4-5,8,11,16,19H,6-7,9-10,12-15H2,1-3H3. The number of fused-ring (bicyclic) bond motifs is 2. The minimum atomic E-state index is -2.98. The Hall–Kier alpha value is -1.65. The summed E-state index contributed by atoms with van der Waals surface area (Å²) in [6, 6.07) is 5.38. The van der Waals surface area contributed by atoms with Crippen LogP contribution in [0.2, 0.25) is 4.34 Å². The summed E-state index contributed by atoms with van der Waals surface area (Å²) in [5.74, 6) is -1.87. The molecule has 1 unspecified atom stereocenters. The highest BCUT2D eigenvalue weighted by atomic mass is 35.5. The number of thiophene rings is 1. The van der Waals surface area contributed by atoms with Crippen molar-refractivity contribution in [2.75, 3.05) is 37.8 Å². The average molecular weight is 525 g/mol. The van der Waals surface area contributed by atoms with Crippen LogP contribution in [0.3, 0.4) is 0 Å². The maximum absolute atomic E-state index is 14.4. The van der Waals surface area contributed by atoms with E-state index in [1.54, 1.807) is 6.20 Å². The first kappa shape index (κ1) is 25.0. The summed E-state index contributed by atoms with van der Waals surface area (Å²) < 4.78 is 40.9. The molecule has 1 atom stereocenters. The van der Waals surface area contributed by atoms with Crippen LogP contribution in [-0.4, -0.2) is 54.5 Å². The third kappa shape index (κ3) is 4.98. The molecule has 1 fully saturated rings. The van der Waals surface area contributed by atoms with Crippen molar-refractivity contribution < 1.29 is 18.3 Å². The molecule has 0 aromatic carbocycles. The summed E-state index contributed by atoms with van der Waals surface area (Å²) in [6.45, 7) is 9.20. The quantitative estimate of drug-likeness (QED) is 0.489. The molecule has 3 aliphatic rings. The second-order valence-corrected chi connectivity index (χ2v) is 11.6. The average Bonchev–Trinajstić information content (AvgIpc) is 3.41. The zero-order chi connectivity index (χ0) is 24.8. The molecular weight excluding hydrogens is 494 g/mol. The van der Waals surface area contributed by atoms with E-state index in [9.17, 15) is 8.78 Å². The van der Waals surface area contributed by atoms with Crippen molar-refractivity contribution in [3.05, 3.63) is 44.7 Å². The first-order chi connectivity index (χ1) is 16.7. The van der Waals surface area contributed by atoms with Crippen molar-refractivity contribution in [2.24, 2.45) is 11.0 Å². The number of pyridine rings is 1. The van der Waals surface area contributed by atoms with Crippen molar-refractivity contribution in [1.29, 1.82) is 0 Å². The Morgan fingerprint density at radius 3 is 2.83 bits per heavy atom. The van der Waals surface area contributed by atoms with Crippen LogP contribution in [0.4, 0.5) is 14.6 Å². The van der Waals surface area contributed by atoms with Gasteiger partial charge in [0.15, 0.2) is 5.82 Å². The lowest BCUT2D eigenvalue weighted by Crippen LogP contribution is -2.50. The third-order valence-corrected chi connectivity index (χ3v) is 8.58. The van der Waals surface area contributed by atoms with Gasteiger partial charge in [-0.2, -0.15) is 13.9 Å². The number of hydrogen-bond acceptors (Lipinski definition) is 7. The van der Waals surface area contributed by atoms with Gasteiger partial charge in [-0.1, -0.05) is 17.7 Å². The smallest absolute Gasteiger partial charge is 0.297 e. The summed E-state index contributed by atoms with van der Waals surface area (Å²) in [4.78, 5) is 7.58. The summed E-state index contributed by atoms with van der Waals surface area (Å²) >= 11 is 7.37. The molecule has 2 aromatic heterocycles. The summed E-state index contributed by atoms with van der Waals surface area (Å²) in [5, 5.41) is 6.79. The predicted octanol–water partition coefficient (Wildman–Crippen LogP) is 5.65. The number of hydrogen-bond donors (Lipinski definition) is 0. The number of nitrogens with zero attached hydrogens (tertiary/aromatic N) is 4. The molecule has 6 nitrogen and oxygen atoms in total. The predicted molar refractivity (Wildman–Crippen MR) is 135 cm³/mol. The van der Waals surface area contributed by atoms with Crippen LogP contribution in [0.1, 0.15) is 49.6 Å². The maximum Gasteiger partial charge on any atom is 0.297 e. The van der Waals surface area contributed by atoms with Gasteiger partial charge in [-0.3, -0.25) is 0 Å². The molecular formula is C25H31ClF2N4O2S. The van der Waals surface area contributed by atoms with Crippen LogP contribution in [0.5, 0.6) is 0 Å². The zero-order valence-electron chi connectivity index (χ0n) is 20.3. The molecule has 0 amide bonds. The molecule has 190 valence electrons. The van der Waals surface area contributed by atoms with Crippen LogP contribution in [0.25, 0.3) is 0 Å².